The second-order valence-corrected chi connectivity index (χ2v) is 8.23. The van der Waals surface area contributed by atoms with Crippen LogP contribution in [0.2, 0.25) is 5.02 Å². The number of halogens is 1. The molecule has 1 saturated heterocycles. The van der Waals surface area contributed by atoms with E-state index in [1.54, 1.807) is 25.3 Å². The first-order valence-electron chi connectivity index (χ1n) is 9.83. The van der Waals surface area contributed by atoms with E-state index in [1.165, 1.54) is 4.90 Å². The molecule has 5 nitrogen and oxygen atoms in total. The van der Waals surface area contributed by atoms with E-state index in [4.69, 9.17) is 21.1 Å². The number of imide groups is 1. The van der Waals surface area contributed by atoms with Crippen LogP contribution >= 0.6 is 23.4 Å². The van der Waals surface area contributed by atoms with Crippen LogP contribution in [0, 0.1) is 0 Å². The molecular weight excluding hydrogens is 422 g/mol. The number of carbonyl (C=O) groups excluding carboxylic acids is 2. The molecule has 1 fully saturated rings. The maximum atomic E-state index is 12.6. The molecule has 0 atom stereocenters. The monoisotopic (exact) mass is 445 g/mol. The Bertz CT molecular complexity index is 960. The van der Waals surface area contributed by atoms with Crippen LogP contribution in [0.3, 0.4) is 0 Å². The number of amides is 2. The molecule has 2 aromatic rings. The summed E-state index contributed by atoms with van der Waals surface area (Å²) in [6.07, 6.45) is 4.57. The highest BCUT2D eigenvalue weighted by Crippen LogP contribution is 2.35. The Hall–Kier alpha value is -2.44. The van der Waals surface area contributed by atoms with Gasteiger partial charge in [0.15, 0.2) is 11.5 Å². The fraction of sp³-hybridized carbons (Fsp3) is 0.304. The van der Waals surface area contributed by atoms with Crippen molar-refractivity contribution in [2.75, 3.05) is 13.7 Å². The molecule has 158 valence electrons. The standard InChI is InChI=1S/C23H24ClNO4S/c1-3-4-7-12-25-22(26)21(30-23(25)27)14-16-10-11-19(20(13-16)28-2)29-15-17-8-5-6-9-18(17)24/h5-6,8-11,13-14H,3-4,7,12,15H2,1-2H3/b21-14-. The Morgan fingerprint density at radius 3 is 2.63 bits per heavy atom. The van der Waals surface area contributed by atoms with E-state index < -0.39 is 0 Å². The van der Waals surface area contributed by atoms with Crippen LogP contribution in [0.15, 0.2) is 47.4 Å². The van der Waals surface area contributed by atoms with E-state index in [0.717, 1.165) is 42.2 Å². The Kier molecular flexibility index (Phi) is 7.82. The van der Waals surface area contributed by atoms with Gasteiger partial charge in [-0.05, 0) is 48.0 Å². The number of methoxy groups -OCH3 is 1. The number of rotatable bonds is 9. The predicted molar refractivity (Wildman–Crippen MR) is 121 cm³/mol. The van der Waals surface area contributed by atoms with Crippen molar-refractivity contribution in [1.82, 2.24) is 4.90 Å². The average Bonchev–Trinajstić information content (AvgIpc) is 3.01. The zero-order chi connectivity index (χ0) is 21.5. The number of ether oxygens (including phenoxy) is 2. The fourth-order valence-electron chi connectivity index (χ4n) is 3.03. The highest BCUT2D eigenvalue weighted by molar-refractivity contribution is 8.18. The predicted octanol–water partition coefficient (Wildman–Crippen LogP) is 6.15. The molecule has 0 aliphatic carbocycles. The van der Waals surface area contributed by atoms with Gasteiger partial charge in [0.25, 0.3) is 11.1 Å². The molecule has 1 aliphatic heterocycles. The number of unbranched alkanes of at least 4 members (excludes halogenated alkanes) is 2. The molecule has 0 saturated carbocycles. The third kappa shape index (κ3) is 5.37. The second kappa shape index (κ2) is 10.5. The maximum Gasteiger partial charge on any atom is 0.293 e. The summed E-state index contributed by atoms with van der Waals surface area (Å²) >= 11 is 7.15. The molecule has 1 aliphatic rings. The summed E-state index contributed by atoms with van der Waals surface area (Å²) in [5, 5.41) is 0.428. The first-order valence-corrected chi connectivity index (χ1v) is 11.0. The van der Waals surface area contributed by atoms with Crippen molar-refractivity contribution in [3.05, 3.63) is 63.5 Å². The van der Waals surface area contributed by atoms with Crippen LogP contribution in [0.1, 0.15) is 37.3 Å². The largest absolute Gasteiger partial charge is 0.493 e. The highest BCUT2D eigenvalue weighted by Gasteiger charge is 2.34. The third-order valence-corrected chi connectivity index (χ3v) is 5.96. The average molecular weight is 446 g/mol. The lowest BCUT2D eigenvalue weighted by Gasteiger charge is -2.12. The topological polar surface area (TPSA) is 55.8 Å². The minimum absolute atomic E-state index is 0.214. The zero-order valence-electron chi connectivity index (χ0n) is 17.0. The molecule has 2 amide bonds. The molecule has 7 heteroatoms. The lowest BCUT2D eigenvalue weighted by atomic mass is 10.1. The van der Waals surface area contributed by atoms with Gasteiger partial charge in [0.2, 0.25) is 0 Å². The second-order valence-electron chi connectivity index (χ2n) is 6.83. The molecule has 2 aromatic carbocycles. The molecule has 0 aromatic heterocycles. The number of hydrogen-bond acceptors (Lipinski definition) is 5. The highest BCUT2D eigenvalue weighted by atomic mass is 35.5. The molecule has 1 heterocycles. The summed E-state index contributed by atoms with van der Waals surface area (Å²) in [5.41, 5.74) is 1.64. The molecule has 0 radical (unpaired) electrons. The van der Waals surface area contributed by atoms with Crippen molar-refractivity contribution in [3.63, 3.8) is 0 Å². The minimum Gasteiger partial charge on any atom is -0.493 e. The summed E-state index contributed by atoms with van der Waals surface area (Å²) in [5.74, 6) is 0.874. The van der Waals surface area contributed by atoms with E-state index in [9.17, 15) is 9.59 Å². The maximum absolute atomic E-state index is 12.6. The Labute approximate surface area is 186 Å². The van der Waals surface area contributed by atoms with Gasteiger partial charge in [-0.15, -0.1) is 0 Å². The number of nitrogens with zero attached hydrogens (tertiary/aromatic N) is 1. The molecule has 3 rings (SSSR count). The summed E-state index contributed by atoms with van der Waals surface area (Å²) < 4.78 is 11.3. The lowest BCUT2D eigenvalue weighted by Crippen LogP contribution is -2.29. The van der Waals surface area contributed by atoms with Crippen molar-refractivity contribution in [2.24, 2.45) is 0 Å². The van der Waals surface area contributed by atoms with Crippen LogP contribution < -0.4 is 9.47 Å². The van der Waals surface area contributed by atoms with E-state index in [2.05, 4.69) is 6.92 Å². The van der Waals surface area contributed by atoms with Crippen LogP contribution in [0.25, 0.3) is 6.08 Å². The van der Waals surface area contributed by atoms with Gasteiger partial charge in [-0.2, -0.15) is 0 Å². The summed E-state index contributed by atoms with van der Waals surface area (Å²) in [4.78, 5) is 26.5. The van der Waals surface area contributed by atoms with Crippen LogP contribution in [0.4, 0.5) is 4.79 Å². The lowest BCUT2D eigenvalue weighted by molar-refractivity contribution is -0.122. The van der Waals surface area contributed by atoms with E-state index in [0.29, 0.717) is 34.6 Å². The first-order chi connectivity index (χ1) is 14.5. The van der Waals surface area contributed by atoms with Gasteiger partial charge in [-0.1, -0.05) is 55.6 Å². The van der Waals surface area contributed by atoms with Crippen LogP contribution in [0.5, 0.6) is 11.5 Å². The zero-order valence-corrected chi connectivity index (χ0v) is 18.6. The number of hydrogen-bond donors (Lipinski definition) is 0. The van der Waals surface area contributed by atoms with Crippen molar-refractivity contribution in [3.8, 4) is 11.5 Å². The van der Waals surface area contributed by atoms with Gasteiger partial charge in [-0.25, -0.2) is 0 Å². The fourth-order valence-corrected chi connectivity index (χ4v) is 4.08. The summed E-state index contributed by atoms with van der Waals surface area (Å²) in [6.45, 7) is 2.86. The normalized spacial score (nSPS) is 15.2. The summed E-state index contributed by atoms with van der Waals surface area (Å²) in [7, 11) is 1.56. The van der Waals surface area contributed by atoms with Gasteiger partial charge in [0.1, 0.15) is 6.61 Å². The van der Waals surface area contributed by atoms with E-state index in [-0.39, 0.29) is 11.1 Å². The number of carbonyl (C=O) groups is 2. The van der Waals surface area contributed by atoms with Gasteiger partial charge >= 0.3 is 0 Å². The first kappa shape index (κ1) is 22.2. The molecular formula is C23H24ClNO4S. The third-order valence-electron chi connectivity index (χ3n) is 4.69. The minimum atomic E-state index is -0.237. The van der Waals surface area contributed by atoms with Crippen molar-refractivity contribution < 1.29 is 19.1 Å². The Morgan fingerprint density at radius 1 is 1.10 bits per heavy atom. The van der Waals surface area contributed by atoms with Gasteiger partial charge < -0.3 is 9.47 Å². The van der Waals surface area contributed by atoms with Gasteiger partial charge in [0.05, 0.1) is 12.0 Å². The van der Waals surface area contributed by atoms with Gasteiger partial charge in [0, 0.05) is 17.1 Å². The Morgan fingerprint density at radius 2 is 1.90 bits per heavy atom. The molecule has 30 heavy (non-hydrogen) atoms. The number of thioether (sulfide) groups is 1. The van der Waals surface area contributed by atoms with Crippen molar-refractivity contribution >= 4 is 40.6 Å². The smallest absolute Gasteiger partial charge is 0.293 e. The summed E-state index contributed by atoms with van der Waals surface area (Å²) in [6, 6.07) is 12.9. The Balaban J connectivity index is 1.72. The molecule has 0 N–H and O–H groups in total. The van der Waals surface area contributed by atoms with Crippen molar-refractivity contribution in [1.29, 1.82) is 0 Å². The SMILES string of the molecule is CCCCCN1C(=O)S/C(=C\c2ccc(OCc3ccccc3Cl)c(OC)c2)C1=O. The van der Waals surface area contributed by atoms with E-state index in [1.807, 2.05) is 30.3 Å². The van der Waals surface area contributed by atoms with Crippen molar-refractivity contribution in [2.45, 2.75) is 32.8 Å². The number of benzene rings is 2. The quantitative estimate of drug-likeness (QED) is 0.342. The van der Waals surface area contributed by atoms with Crippen LogP contribution in [-0.2, 0) is 11.4 Å². The molecule has 0 spiro atoms. The molecule has 0 unspecified atom stereocenters. The van der Waals surface area contributed by atoms with Crippen LogP contribution in [-0.4, -0.2) is 29.7 Å². The van der Waals surface area contributed by atoms with E-state index >= 15 is 0 Å². The van der Waals surface area contributed by atoms with Gasteiger partial charge in [-0.3, -0.25) is 14.5 Å². The molecule has 0 bridgehead atoms.